The van der Waals surface area contributed by atoms with E-state index in [-0.39, 0.29) is 0 Å². The third-order valence-electron chi connectivity index (χ3n) is 3.67. The van der Waals surface area contributed by atoms with Gasteiger partial charge in [-0.1, -0.05) is 30.3 Å². The molecule has 3 rings (SSSR count). The van der Waals surface area contributed by atoms with E-state index in [1.165, 1.54) is 18.4 Å². The molecule has 2 unspecified atom stereocenters. The number of fused-ring (bicyclic) bond motifs is 1. The van der Waals surface area contributed by atoms with Crippen LogP contribution in [0.25, 0.3) is 0 Å². The van der Waals surface area contributed by atoms with E-state index < -0.39 is 0 Å². The quantitative estimate of drug-likeness (QED) is 0.691. The van der Waals surface area contributed by atoms with Crippen molar-refractivity contribution in [1.29, 1.82) is 0 Å². The van der Waals surface area contributed by atoms with Crippen molar-refractivity contribution in [3.8, 4) is 0 Å². The molecule has 0 heterocycles. The van der Waals surface area contributed by atoms with Crippen LogP contribution in [0.2, 0.25) is 0 Å². The molecule has 1 heteroatoms. The predicted molar refractivity (Wildman–Crippen MR) is 53.4 cm³/mol. The molecule has 13 heavy (non-hydrogen) atoms. The van der Waals surface area contributed by atoms with Gasteiger partial charge in [0, 0.05) is 6.04 Å². The van der Waals surface area contributed by atoms with Crippen LogP contribution in [0.5, 0.6) is 0 Å². The van der Waals surface area contributed by atoms with Gasteiger partial charge in [0.05, 0.1) is 0 Å². The number of hydrogen-bond donors (Lipinski definition) is 1. The highest BCUT2D eigenvalue weighted by Crippen LogP contribution is 2.62. The van der Waals surface area contributed by atoms with Gasteiger partial charge >= 0.3 is 0 Å². The summed E-state index contributed by atoms with van der Waals surface area (Å²) in [5.41, 5.74) is 7.43. The Hall–Kier alpha value is -0.820. The van der Waals surface area contributed by atoms with Gasteiger partial charge in [0.25, 0.3) is 0 Å². The van der Waals surface area contributed by atoms with Crippen LogP contribution in [0.1, 0.15) is 24.3 Å². The van der Waals surface area contributed by atoms with Gasteiger partial charge in [-0.15, -0.1) is 0 Å². The third-order valence-corrected chi connectivity index (χ3v) is 3.67. The molecule has 1 nitrogen and oxygen atoms in total. The minimum Gasteiger partial charge on any atom is -0.328 e. The Morgan fingerprint density at radius 3 is 2.23 bits per heavy atom. The Morgan fingerprint density at radius 2 is 1.62 bits per heavy atom. The van der Waals surface area contributed by atoms with E-state index in [0.717, 1.165) is 17.8 Å². The molecule has 2 atom stereocenters. The minimum absolute atomic E-state index is 0.495. The molecule has 68 valence electrons. The second-order valence-electron chi connectivity index (χ2n) is 4.50. The Kier molecular flexibility index (Phi) is 1.50. The van der Waals surface area contributed by atoms with Gasteiger partial charge in [-0.05, 0) is 36.2 Å². The van der Waals surface area contributed by atoms with Crippen molar-refractivity contribution < 1.29 is 0 Å². The lowest BCUT2D eigenvalue weighted by Gasteiger charge is -2.08. The van der Waals surface area contributed by atoms with Crippen molar-refractivity contribution in [1.82, 2.24) is 0 Å². The van der Waals surface area contributed by atoms with Crippen LogP contribution < -0.4 is 5.73 Å². The molecule has 2 N–H and O–H groups in total. The first kappa shape index (κ1) is 7.57. The first-order valence-corrected chi connectivity index (χ1v) is 5.17. The number of hydrogen-bond acceptors (Lipinski definition) is 1. The molecule has 2 saturated carbocycles. The summed E-state index contributed by atoms with van der Waals surface area (Å²) >= 11 is 0. The summed E-state index contributed by atoms with van der Waals surface area (Å²) in [6.45, 7) is 0. The Labute approximate surface area is 78.9 Å². The monoisotopic (exact) mass is 173 g/mol. The fourth-order valence-corrected chi connectivity index (χ4v) is 3.05. The SMILES string of the molecule is NC1CC2C(C1)C2c1ccccc1. The summed E-state index contributed by atoms with van der Waals surface area (Å²) in [5, 5.41) is 0. The van der Waals surface area contributed by atoms with E-state index in [1.54, 1.807) is 0 Å². The van der Waals surface area contributed by atoms with Crippen molar-refractivity contribution in [3.63, 3.8) is 0 Å². The van der Waals surface area contributed by atoms with E-state index in [4.69, 9.17) is 5.73 Å². The van der Waals surface area contributed by atoms with Gasteiger partial charge in [-0.3, -0.25) is 0 Å². The van der Waals surface area contributed by atoms with E-state index in [2.05, 4.69) is 30.3 Å². The van der Waals surface area contributed by atoms with Gasteiger partial charge in [-0.2, -0.15) is 0 Å². The maximum absolute atomic E-state index is 5.90. The standard InChI is InChI=1S/C12H15N/c13-9-6-10-11(7-9)12(10)8-4-2-1-3-5-8/h1-5,9-12H,6-7,13H2. The van der Waals surface area contributed by atoms with Crippen molar-refractivity contribution >= 4 is 0 Å². The van der Waals surface area contributed by atoms with Gasteiger partial charge in [0.2, 0.25) is 0 Å². The summed E-state index contributed by atoms with van der Waals surface area (Å²) in [7, 11) is 0. The molecule has 1 aromatic carbocycles. The Balaban J connectivity index is 1.79. The van der Waals surface area contributed by atoms with Crippen LogP contribution in [0, 0.1) is 11.8 Å². The lowest BCUT2D eigenvalue weighted by atomic mass is 10.0. The zero-order chi connectivity index (χ0) is 8.84. The molecule has 0 amide bonds. The molecule has 2 aliphatic carbocycles. The maximum atomic E-state index is 5.90. The Bertz CT molecular complexity index is 294. The third kappa shape index (κ3) is 1.11. The van der Waals surface area contributed by atoms with Gasteiger partial charge in [0.15, 0.2) is 0 Å². The minimum atomic E-state index is 0.495. The van der Waals surface area contributed by atoms with Crippen LogP contribution in [0.15, 0.2) is 30.3 Å². The topological polar surface area (TPSA) is 26.0 Å². The first-order chi connectivity index (χ1) is 6.36. The number of nitrogens with two attached hydrogens (primary N) is 1. The molecule has 0 saturated heterocycles. The smallest absolute Gasteiger partial charge is 0.00447 e. The summed E-state index contributed by atoms with van der Waals surface area (Å²) in [5.74, 6) is 2.68. The summed E-state index contributed by atoms with van der Waals surface area (Å²) in [6.07, 6.45) is 2.51. The van der Waals surface area contributed by atoms with Crippen molar-refractivity contribution in [2.45, 2.75) is 24.8 Å². The molecule has 2 fully saturated rings. The zero-order valence-corrected chi connectivity index (χ0v) is 7.69. The van der Waals surface area contributed by atoms with E-state index in [0.29, 0.717) is 6.04 Å². The van der Waals surface area contributed by atoms with E-state index in [9.17, 15) is 0 Å². The van der Waals surface area contributed by atoms with Crippen LogP contribution in [-0.4, -0.2) is 6.04 Å². The predicted octanol–water partition coefficient (Wildman–Crippen LogP) is 2.14. The van der Waals surface area contributed by atoms with Crippen LogP contribution in [0.3, 0.4) is 0 Å². The van der Waals surface area contributed by atoms with Gasteiger partial charge in [0.1, 0.15) is 0 Å². The van der Waals surface area contributed by atoms with Crippen LogP contribution in [-0.2, 0) is 0 Å². The van der Waals surface area contributed by atoms with Crippen LogP contribution >= 0.6 is 0 Å². The molecular weight excluding hydrogens is 158 g/mol. The van der Waals surface area contributed by atoms with Gasteiger partial charge < -0.3 is 5.73 Å². The second-order valence-corrected chi connectivity index (χ2v) is 4.50. The Morgan fingerprint density at radius 1 is 1.00 bits per heavy atom. The fraction of sp³-hybridized carbons (Fsp3) is 0.500. The molecule has 0 radical (unpaired) electrons. The van der Waals surface area contributed by atoms with Crippen molar-refractivity contribution in [2.24, 2.45) is 17.6 Å². The molecule has 0 aliphatic heterocycles. The summed E-state index contributed by atoms with van der Waals surface area (Å²) in [6, 6.07) is 11.4. The second kappa shape index (κ2) is 2.58. The highest BCUT2D eigenvalue weighted by molar-refractivity contribution is 5.30. The highest BCUT2D eigenvalue weighted by atomic mass is 14.7. The van der Waals surface area contributed by atoms with E-state index in [1.807, 2.05) is 0 Å². The highest BCUT2D eigenvalue weighted by Gasteiger charge is 2.55. The molecule has 0 bridgehead atoms. The molecule has 2 aliphatic rings. The number of rotatable bonds is 1. The fourth-order valence-electron chi connectivity index (χ4n) is 3.05. The average Bonchev–Trinajstić information content (AvgIpc) is 2.66. The largest absolute Gasteiger partial charge is 0.328 e. The zero-order valence-electron chi connectivity index (χ0n) is 7.69. The van der Waals surface area contributed by atoms with Gasteiger partial charge in [-0.25, -0.2) is 0 Å². The maximum Gasteiger partial charge on any atom is 0.00447 e. The first-order valence-electron chi connectivity index (χ1n) is 5.17. The van der Waals surface area contributed by atoms with Crippen LogP contribution in [0.4, 0.5) is 0 Å². The molecule has 1 aromatic rings. The lowest BCUT2D eigenvalue weighted by molar-refractivity contribution is 0.584. The van der Waals surface area contributed by atoms with E-state index >= 15 is 0 Å². The molecular formula is C12H15N. The van der Waals surface area contributed by atoms with Crippen molar-refractivity contribution in [3.05, 3.63) is 35.9 Å². The van der Waals surface area contributed by atoms with Crippen molar-refractivity contribution in [2.75, 3.05) is 0 Å². The summed E-state index contributed by atoms with van der Waals surface area (Å²) in [4.78, 5) is 0. The normalized spacial score (nSPS) is 41.6. The molecule has 0 aromatic heterocycles. The molecule has 0 spiro atoms. The lowest BCUT2D eigenvalue weighted by Crippen LogP contribution is -2.17. The number of benzene rings is 1. The summed E-state index contributed by atoms with van der Waals surface area (Å²) < 4.78 is 0. The average molecular weight is 173 g/mol.